The number of nitrogens with zero attached hydrogens (tertiary/aromatic N) is 2. The van der Waals surface area contributed by atoms with Crippen molar-refractivity contribution in [1.82, 2.24) is 9.88 Å². The molecule has 3 heteroatoms. The minimum absolute atomic E-state index is 0.794. The second-order valence-electron chi connectivity index (χ2n) is 6.80. The Hall–Kier alpha value is -1.19. The average Bonchev–Trinajstić information content (AvgIpc) is 3.09. The van der Waals surface area contributed by atoms with Crippen LogP contribution in [0.15, 0.2) is 23.8 Å². The lowest BCUT2D eigenvalue weighted by atomic mass is 9.87. The Bertz CT molecular complexity index is 726. The van der Waals surface area contributed by atoms with Crippen molar-refractivity contribution in [3.05, 3.63) is 34.3 Å². The van der Waals surface area contributed by atoms with Crippen molar-refractivity contribution in [2.75, 3.05) is 20.6 Å². The number of hydrogen-bond donors (Lipinski definition) is 0. The van der Waals surface area contributed by atoms with Crippen molar-refractivity contribution in [3.63, 3.8) is 0 Å². The first-order valence-electron chi connectivity index (χ1n) is 7.87. The Balaban J connectivity index is 1.82. The molecule has 0 amide bonds. The second kappa shape index (κ2) is 4.92. The molecule has 0 saturated heterocycles. The molecule has 1 heterocycles. The van der Waals surface area contributed by atoms with Gasteiger partial charge >= 0.3 is 0 Å². The van der Waals surface area contributed by atoms with Crippen LogP contribution in [0.25, 0.3) is 15.8 Å². The maximum absolute atomic E-state index is 4.68. The third kappa shape index (κ3) is 2.23. The summed E-state index contributed by atoms with van der Waals surface area (Å²) in [5.74, 6) is 1.63. The zero-order valence-corrected chi connectivity index (χ0v) is 13.8. The quantitative estimate of drug-likeness (QED) is 0.837. The first-order chi connectivity index (χ1) is 10.1. The second-order valence-corrected chi connectivity index (χ2v) is 8.03. The average molecular weight is 298 g/mol. The number of benzene rings is 1. The lowest BCUT2D eigenvalue weighted by Crippen LogP contribution is -2.19. The van der Waals surface area contributed by atoms with Gasteiger partial charge in [-0.3, -0.25) is 0 Å². The smallest absolute Gasteiger partial charge is 0.0907 e. The third-order valence-corrected chi connectivity index (χ3v) is 5.92. The molecule has 0 spiro atoms. The highest BCUT2D eigenvalue weighted by molar-refractivity contribution is 7.18. The Kier molecular flexibility index (Phi) is 3.16. The SMILES string of the molecule is Cc1nc2cc(C3=C(CN(C)C)C4CCC3C4)ccc2s1. The van der Waals surface area contributed by atoms with E-state index in [9.17, 15) is 0 Å². The van der Waals surface area contributed by atoms with Gasteiger partial charge in [-0.15, -0.1) is 11.3 Å². The van der Waals surface area contributed by atoms with Gasteiger partial charge in [0, 0.05) is 6.54 Å². The largest absolute Gasteiger partial charge is 0.305 e. The highest BCUT2D eigenvalue weighted by Crippen LogP contribution is 2.52. The van der Waals surface area contributed by atoms with E-state index in [0.717, 1.165) is 23.4 Å². The summed E-state index contributed by atoms with van der Waals surface area (Å²) in [6.45, 7) is 3.21. The zero-order chi connectivity index (χ0) is 14.6. The van der Waals surface area contributed by atoms with Gasteiger partial charge in [0.1, 0.15) is 0 Å². The number of fused-ring (bicyclic) bond motifs is 3. The Labute approximate surface area is 130 Å². The van der Waals surface area contributed by atoms with E-state index >= 15 is 0 Å². The standard InChI is InChI=1S/C18H22N2S/c1-11-19-16-9-14(6-7-17(16)21-11)18-13-5-4-12(8-13)15(18)10-20(2)3/h6-7,9,12-13H,4-5,8,10H2,1-3H3. The van der Waals surface area contributed by atoms with Gasteiger partial charge in [-0.2, -0.15) is 0 Å². The first-order valence-corrected chi connectivity index (χ1v) is 8.68. The van der Waals surface area contributed by atoms with E-state index in [-0.39, 0.29) is 0 Å². The molecule has 4 rings (SSSR count). The molecule has 0 radical (unpaired) electrons. The molecule has 2 bridgehead atoms. The number of rotatable bonds is 3. The minimum Gasteiger partial charge on any atom is -0.305 e. The highest BCUT2D eigenvalue weighted by Gasteiger charge is 2.39. The van der Waals surface area contributed by atoms with Crippen LogP contribution in [0.4, 0.5) is 0 Å². The van der Waals surface area contributed by atoms with Crippen molar-refractivity contribution in [2.45, 2.75) is 26.2 Å². The van der Waals surface area contributed by atoms with Crippen LogP contribution in [0, 0.1) is 18.8 Å². The van der Waals surface area contributed by atoms with Crippen LogP contribution >= 0.6 is 11.3 Å². The molecule has 2 aromatic rings. The Morgan fingerprint density at radius 2 is 2.05 bits per heavy atom. The maximum atomic E-state index is 4.68. The fourth-order valence-corrected chi connectivity index (χ4v) is 5.04. The number of likely N-dealkylation sites (N-methyl/N-ethyl adjacent to an activating group) is 1. The van der Waals surface area contributed by atoms with Crippen LogP contribution in [0.3, 0.4) is 0 Å². The molecule has 2 unspecified atom stereocenters. The summed E-state index contributed by atoms with van der Waals surface area (Å²) >= 11 is 1.79. The molecule has 2 aliphatic carbocycles. The predicted octanol–water partition coefficient (Wildman–Crippen LogP) is 4.35. The van der Waals surface area contributed by atoms with Gasteiger partial charge in [0.15, 0.2) is 0 Å². The van der Waals surface area contributed by atoms with Crippen LogP contribution in [-0.4, -0.2) is 30.5 Å². The van der Waals surface area contributed by atoms with Gasteiger partial charge in [0.2, 0.25) is 0 Å². The van der Waals surface area contributed by atoms with E-state index in [4.69, 9.17) is 0 Å². The Morgan fingerprint density at radius 1 is 1.24 bits per heavy atom. The van der Waals surface area contributed by atoms with Crippen molar-refractivity contribution in [2.24, 2.45) is 11.8 Å². The van der Waals surface area contributed by atoms with Gasteiger partial charge in [-0.1, -0.05) is 6.07 Å². The van der Waals surface area contributed by atoms with Crippen LogP contribution < -0.4 is 0 Å². The molecule has 21 heavy (non-hydrogen) atoms. The molecule has 1 fully saturated rings. The summed E-state index contributed by atoms with van der Waals surface area (Å²) in [7, 11) is 4.37. The molecule has 1 aromatic heterocycles. The van der Waals surface area contributed by atoms with E-state index in [0.29, 0.717) is 0 Å². The van der Waals surface area contributed by atoms with E-state index in [1.165, 1.54) is 35.0 Å². The van der Waals surface area contributed by atoms with Crippen LogP contribution in [-0.2, 0) is 0 Å². The number of aryl methyl sites for hydroxylation is 1. The van der Waals surface area contributed by atoms with Crippen molar-refractivity contribution in [1.29, 1.82) is 0 Å². The molecule has 0 aliphatic heterocycles. The van der Waals surface area contributed by atoms with Crippen LogP contribution in [0.1, 0.15) is 29.8 Å². The summed E-state index contributed by atoms with van der Waals surface area (Å²) in [6.07, 6.45) is 4.16. The fraction of sp³-hybridized carbons (Fsp3) is 0.500. The van der Waals surface area contributed by atoms with Gasteiger partial charge in [-0.05, 0) is 81.0 Å². The summed E-state index contributed by atoms with van der Waals surface area (Å²) in [6, 6.07) is 6.91. The number of thiazole rings is 1. The molecule has 110 valence electrons. The molecular weight excluding hydrogens is 276 g/mol. The topological polar surface area (TPSA) is 16.1 Å². The third-order valence-electron chi connectivity index (χ3n) is 4.97. The number of allylic oxidation sites excluding steroid dienone is 1. The van der Waals surface area contributed by atoms with Crippen molar-refractivity contribution >= 4 is 27.1 Å². The van der Waals surface area contributed by atoms with Crippen LogP contribution in [0.5, 0.6) is 0 Å². The van der Waals surface area contributed by atoms with Gasteiger partial charge in [-0.25, -0.2) is 4.98 Å². The normalized spacial score (nSPS) is 24.8. The van der Waals surface area contributed by atoms with Gasteiger partial charge < -0.3 is 4.90 Å². The van der Waals surface area contributed by atoms with Crippen LogP contribution in [0.2, 0.25) is 0 Å². The molecule has 2 nitrogen and oxygen atoms in total. The summed E-state index contributed by atoms with van der Waals surface area (Å²) in [4.78, 5) is 7.00. The molecular formula is C18H22N2S. The lowest BCUT2D eigenvalue weighted by molar-refractivity contribution is 0.423. The van der Waals surface area contributed by atoms with Crippen molar-refractivity contribution < 1.29 is 0 Å². The summed E-state index contributed by atoms with van der Waals surface area (Å²) < 4.78 is 1.31. The Morgan fingerprint density at radius 3 is 2.86 bits per heavy atom. The van der Waals surface area contributed by atoms with Gasteiger partial charge in [0.05, 0.1) is 15.2 Å². The minimum atomic E-state index is 0.794. The molecule has 1 aromatic carbocycles. The fourth-order valence-electron chi connectivity index (χ4n) is 4.23. The predicted molar refractivity (Wildman–Crippen MR) is 90.7 cm³/mol. The summed E-state index contributed by atoms with van der Waals surface area (Å²) in [5, 5.41) is 1.16. The zero-order valence-electron chi connectivity index (χ0n) is 13.0. The molecule has 2 aliphatic rings. The monoisotopic (exact) mass is 298 g/mol. The number of aromatic nitrogens is 1. The van der Waals surface area contributed by atoms with E-state index in [2.05, 4.69) is 49.1 Å². The summed E-state index contributed by atoms with van der Waals surface area (Å²) in [5.41, 5.74) is 5.95. The number of hydrogen-bond acceptors (Lipinski definition) is 3. The molecule has 0 N–H and O–H groups in total. The molecule has 1 saturated carbocycles. The first kappa shape index (κ1) is 13.5. The lowest BCUT2D eigenvalue weighted by Gasteiger charge is -2.23. The van der Waals surface area contributed by atoms with Crippen molar-refractivity contribution in [3.8, 4) is 0 Å². The van der Waals surface area contributed by atoms with Gasteiger partial charge in [0.25, 0.3) is 0 Å². The van der Waals surface area contributed by atoms with E-state index < -0.39 is 0 Å². The molecule has 2 atom stereocenters. The highest BCUT2D eigenvalue weighted by atomic mass is 32.1. The maximum Gasteiger partial charge on any atom is 0.0907 e. The van der Waals surface area contributed by atoms with E-state index in [1.54, 1.807) is 22.5 Å². The van der Waals surface area contributed by atoms with E-state index in [1.807, 2.05) is 0 Å².